The van der Waals surface area contributed by atoms with Crippen molar-refractivity contribution >= 4 is 147 Å². The summed E-state index contributed by atoms with van der Waals surface area (Å²) in [4.78, 5) is 37.3. The number of benzene rings is 3. The lowest BCUT2D eigenvalue weighted by atomic mass is 9.89. The second-order valence-corrected chi connectivity index (χ2v) is 42.5. The zero-order valence-electron chi connectivity index (χ0n) is 73.4. The van der Waals surface area contributed by atoms with Gasteiger partial charge in [-0.3, -0.25) is 28.3 Å². The number of halogens is 1. The number of morpholine rings is 1. The van der Waals surface area contributed by atoms with Gasteiger partial charge >= 0.3 is 0 Å². The van der Waals surface area contributed by atoms with Gasteiger partial charge in [-0.1, -0.05) is 42.5 Å². The van der Waals surface area contributed by atoms with Gasteiger partial charge in [0.2, 0.25) is 47.9 Å². The van der Waals surface area contributed by atoms with Gasteiger partial charge < -0.3 is 30.9 Å². The first-order valence-corrected chi connectivity index (χ1v) is 50.6. The molecule has 690 valence electrons. The Labute approximate surface area is 787 Å². The van der Waals surface area contributed by atoms with E-state index in [9.17, 15) is 45.4 Å². The monoisotopic (exact) mass is 1930 g/mol. The number of likely N-dealkylation sites (tertiary alicyclic amines) is 1. The summed E-state index contributed by atoms with van der Waals surface area (Å²) in [6.07, 6.45) is 20.3. The first-order chi connectivity index (χ1) is 65.4. The maximum atomic E-state index is 14.0. The van der Waals surface area contributed by atoms with Crippen LogP contribution in [0.5, 0.6) is 0 Å². The molecular weight excluding hydrogens is 1840 g/mol. The Balaban J connectivity index is 0.000000122. The molecule has 46 heteroatoms. The van der Waals surface area contributed by atoms with Crippen LogP contribution < -0.4 is 21.3 Å². The number of thiophene rings is 3. The minimum Gasteiger partial charge on any atom is -0.379 e. The average Bonchev–Trinajstić information content (AvgIpc) is 1.70. The third-order valence-corrected chi connectivity index (χ3v) is 32.1. The fourth-order valence-corrected chi connectivity index (χ4v) is 22.7. The normalized spacial score (nSPS) is 16.2. The van der Waals surface area contributed by atoms with Crippen molar-refractivity contribution in [1.29, 1.82) is 21.0 Å². The summed E-state index contributed by atoms with van der Waals surface area (Å²) in [6.45, 7) is 13.3. The Hall–Kier alpha value is -13.9. The molecular formula is C89H89FN32O7S6. The average molecular weight is 1930 g/mol. The summed E-state index contributed by atoms with van der Waals surface area (Å²) in [5, 5.41) is 83.1. The van der Waals surface area contributed by atoms with E-state index in [0.717, 1.165) is 140 Å². The van der Waals surface area contributed by atoms with Gasteiger partial charge in [-0.05, 0) is 98.6 Å². The Morgan fingerprint density at radius 3 is 1.39 bits per heavy atom. The highest BCUT2D eigenvalue weighted by Gasteiger charge is 2.52. The summed E-state index contributed by atoms with van der Waals surface area (Å²) < 4.78 is 111. The molecule has 0 atom stereocenters. The molecule has 0 bridgehead atoms. The molecule has 0 spiro atoms. The maximum Gasteiger partial charge on any atom is 0.228 e. The number of para-hydroxylation sites is 2. The number of nitrogens with one attached hydrogen (secondary N) is 4. The zero-order valence-corrected chi connectivity index (χ0v) is 78.3. The summed E-state index contributed by atoms with van der Waals surface area (Å²) in [5.41, 5.74) is 10.2. The van der Waals surface area contributed by atoms with Gasteiger partial charge in [0, 0.05) is 149 Å². The number of nitriles is 4. The largest absolute Gasteiger partial charge is 0.379 e. The fraction of sp³-hybridized carbons (Fsp3) is 0.315. The maximum absolute atomic E-state index is 14.0. The Morgan fingerprint density at radius 2 is 0.926 bits per heavy atom. The lowest BCUT2D eigenvalue weighted by Gasteiger charge is -2.47. The predicted molar refractivity (Wildman–Crippen MR) is 511 cm³/mol. The predicted octanol–water partition coefficient (Wildman–Crippen LogP) is 12.1. The number of sulfonamides is 3. The van der Waals surface area contributed by atoms with Gasteiger partial charge in [-0.15, -0.1) is 34.0 Å². The number of hydrogen-bond acceptors (Lipinski definition) is 33. The molecule has 0 amide bonds. The lowest BCUT2D eigenvalue weighted by molar-refractivity contribution is 0.0360. The van der Waals surface area contributed by atoms with Gasteiger partial charge in [0.05, 0.1) is 188 Å². The van der Waals surface area contributed by atoms with Crippen molar-refractivity contribution in [3.05, 3.63) is 205 Å². The summed E-state index contributed by atoms with van der Waals surface area (Å²) >= 11 is 4.59. The molecule has 39 nitrogen and oxygen atoms in total. The number of fused-ring (bicyclic) bond motifs is 4. The summed E-state index contributed by atoms with van der Waals surface area (Å²) in [6, 6.07) is 42.2. The van der Waals surface area contributed by atoms with E-state index < -0.39 is 52.5 Å². The van der Waals surface area contributed by atoms with Gasteiger partial charge in [0.25, 0.3) is 0 Å². The molecule has 13 aromatic heterocycles. The van der Waals surface area contributed by atoms with Crippen LogP contribution in [0.2, 0.25) is 0 Å². The molecule has 135 heavy (non-hydrogen) atoms. The van der Waals surface area contributed by atoms with E-state index >= 15 is 0 Å². The number of aromatic nitrogens is 19. The number of rotatable bonds is 28. The quantitative estimate of drug-likeness (QED) is 0.0354. The van der Waals surface area contributed by atoms with Crippen molar-refractivity contribution in [2.24, 2.45) is 0 Å². The zero-order chi connectivity index (χ0) is 93.8. The van der Waals surface area contributed by atoms with E-state index in [-0.39, 0.29) is 81.4 Å². The molecule has 18 heterocycles. The van der Waals surface area contributed by atoms with Crippen molar-refractivity contribution in [2.75, 3.05) is 131 Å². The van der Waals surface area contributed by atoms with Crippen molar-refractivity contribution in [2.45, 2.75) is 69.2 Å². The van der Waals surface area contributed by atoms with E-state index in [2.05, 4.69) is 112 Å². The molecule has 0 radical (unpaired) electrons. The van der Waals surface area contributed by atoms with Crippen LogP contribution in [0.4, 0.5) is 50.8 Å². The van der Waals surface area contributed by atoms with E-state index in [1.165, 1.54) is 36.4 Å². The second kappa shape index (κ2) is 38.6. The van der Waals surface area contributed by atoms with Gasteiger partial charge in [0.15, 0.2) is 5.65 Å². The van der Waals surface area contributed by atoms with Crippen LogP contribution in [0.25, 0.3) is 81.3 Å². The van der Waals surface area contributed by atoms with Crippen molar-refractivity contribution in [3.63, 3.8) is 0 Å². The third-order valence-electron chi connectivity index (χ3n) is 24.0. The minimum absolute atomic E-state index is 0.0165. The minimum atomic E-state index is -3.33. The number of likely N-dealkylation sites (N-methyl/N-ethyl adjacent to an activating group) is 1. The number of hydrogen-bond donors (Lipinski definition) is 4. The van der Waals surface area contributed by atoms with Crippen molar-refractivity contribution in [3.8, 4) is 69.3 Å². The highest BCUT2D eigenvalue weighted by molar-refractivity contribution is 7.89. The molecule has 3 aromatic carbocycles. The van der Waals surface area contributed by atoms with Crippen LogP contribution >= 0.6 is 34.0 Å². The highest BCUT2D eigenvalue weighted by Crippen LogP contribution is 2.43. The molecule has 0 saturated carbocycles. The first-order valence-electron chi connectivity index (χ1n) is 43.1. The molecule has 5 saturated heterocycles. The smallest absolute Gasteiger partial charge is 0.228 e. The van der Waals surface area contributed by atoms with E-state index in [1.807, 2.05) is 154 Å². The van der Waals surface area contributed by atoms with E-state index in [0.29, 0.717) is 46.6 Å². The molecule has 5 aliphatic heterocycles. The van der Waals surface area contributed by atoms with Crippen molar-refractivity contribution in [1.82, 2.24) is 116 Å². The Morgan fingerprint density at radius 1 is 0.474 bits per heavy atom. The number of nitrogens with zero attached hydrogens (tertiary/aromatic N) is 28. The third kappa shape index (κ3) is 19.4. The Bertz CT molecular complexity index is 7560. The number of ether oxygens (including phenoxy) is 1. The van der Waals surface area contributed by atoms with Crippen LogP contribution in [-0.2, 0) is 58.0 Å². The van der Waals surface area contributed by atoms with E-state index in [1.54, 1.807) is 105 Å². The van der Waals surface area contributed by atoms with Crippen LogP contribution in [0.1, 0.15) is 51.6 Å². The molecule has 5 aliphatic rings. The molecule has 0 aliphatic carbocycles. The van der Waals surface area contributed by atoms with Crippen molar-refractivity contribution < 1.29 is 34.4 Å². The number of anilines is 8. The Kier molecular flexibility index (Phi) is 26.2. The topological polar surface area (TPSA) is 468 Å². The fourth-order valence-electron chi connectivity index (χ4n) is 16.5. The second-order valence-electron chi connectivity index (χ2n) is 33.0. The molecule has 4 N–H and O–H groups in total. The van der Waals surface area contributed by atoms with E-state index in [4.69, 9.17) is 20.0 Å². The van der Waals surface area contributed by atoms with Gasteiger partial charge in [-0.2, -0.15) is 64.6 Å². The first kappa shape index (κ1) is 91.6. The highest BCUT2D eigenvalue weighted by atomic mass is 32.2. The molecule has 16 aromatic rings. The van der Waals surface area contributed by atoms with Gasteiger partial charge in [-0.25, -0.2) is 69.0 Å². The molecule has 0 unspecified atom stereocenters. The van der Waals surface area contributed by atoms with Crippen LogP contribution in [0.15, 0.2) is 194 Å². The standard InChI is InChI=1S/C25H30N10O3S2.C23H26N10O2S2.C22H22N8O2S.C19H11FN4S/c1-2-40(36,37)34-17-25(18-34,4-5-26)35-15-19(13-28-35)22-23-21(3-12-39-23)30-24(31-22)29-20-14-27-33(16-20)7-6-32-8-10-38-11-9-32;1-3-37(34,35)31-14-23(15-31,5-6-24)33-10-16(8-26-33)20-21-19(4-7-36-21)28-22(29-20)27-17-9-25-32(11-17)18-12-30(2)13-18;1-2-33(31,32)28-15-22(16-28,9-10-23)29-14-17(13-25-29)19-12-20(26-18-6-4-3-5-7-18)27-21-8-11-24-30(19)21;20-15-10-12(6-7-13(15)11-21)17-18-16(8-9-25-18)23-19(24-17)22-14-4-2-1-3-5-14/h3,12-16H,2,4,6-11,17-18H2,1H3,(H,29,30,31);4,7-11,18H,3,5,12-15H2,1-2H3,(H,27,28,29);3-8,11-14H,2,9,15-16H2,1H3,(H,26,27);1-10H,(H,22,23,24). The lowest BCUT2D eigenvalue weighted by Crippen LogP contribution is -2.64. The van der Waals surface area contributed by atoms with Gasteiger partial charge in [0.1, 0.15) is 34.3 Å². The van der Waals surface area contributed by atoms with Crippen LogP contribution in [0.3, 0.4) is 0 Å². The summed E-state index contributed by atoms with van der Waals surface area (Å²) in [5.74, 6) is 1.53. The summed E-state index contributed by atoms with van der Waals surface area (Å²) in [7, 11) is -7.87. The van der Waals surface area contributed by atoms with Crippen LogP contribution in [0, 0.1) is 51.1 Å². The van der Waals surface area contributed by atoms with Crippen LogP contribution in [-0.4, -0.2) is 251 Å². The SMILES string of the molecule is CCS(=O)(=O)N1CC(CC#N)(n2cc(-c3cc(Nc4ccccc4)nc4ccnn34)cn2)C1.CCS(=O)(=O)N1CC(CC#N)(n2cc(-c3nc(Nc4cnn(C5CN(C)C5)c4)nc4ccsc34)cn2)C1.CCS(=O)(=O)N1CC(CC#N)(n2cc(-c3nc(Nc4cnn(CCN5CCOCC5)c4)nc4ccsc34)cn2)C1.N#Cc1ccc(-c2nc(Nc3ccccc3)nc3ccsc23)cc1F. The molecule has 21 rings (SSSR count). The molecule has 5 fully saturated rings.